The molecule has 1 heterocycles. The molecule has 1 amide bonds. The third kappa shape index (κ3) is 4.61. The van der Waals surface area contributed by atoms with Gasteiger partial charge in [-0.15, -0.1) is 0 Å². The molecular formula is C24H14F3N3O7. The molecule has 1 saturated heterocycles. The molecule has 0 aromatic heterocycles. The highest BCUT2D eigenvalue weighted by Gasteiger charge is 2.47. The zero-order chi connectivity index (χ0) is 27.1. The van der Waals surface area contributed by atoms with Gasteiger partial charge in [0.2, 0.25) is 0 Å². The summed E-state index contributed by atoms with van der Waals surface area (Å²) in [5, 5.41) is 33.3. The average Bonchev–Trinajstić information content (AvgIpc) is 3.13. The topological polar surface area (TPSA) is 144 Å². The lowest BCUT2D eigenvalue weighted by atomic mass is 9.94. The van der Waals surface area contributed by atoms with Gasteiger partial charge in [0.25, 0.3) is 23.1 Å². The highest BCUT2D eigenvalue weighted by Crippen LogP contribution is 2.44. The lowest BCUT2D eigenvalue weighted by molar-refractivity contribution is -0.385. The fourth-order valence-corrected chi connectivity index (χ4v) is 3.95. The van der Waals surface area contributed by atoms with Gasteiger partial charge >= 0.3 is 6.18 Å². The standard InChI is InChI=1S/C24H14F3N3O7/c25-24(26,27)15-4-2-5-17(12-15)28-20(14-3-1-6-18(11-14)30(36)37)19(22(32)23(28)33)21(31)13-7-9-16(10-8-13)29(34)35/h1-12,20,31H/b21-19-. The summed E-state index contributed by atoms with van der Waals surface area (Å²) < 4.78 is 40.1. The van der Waals surface area contributed by atoms with Crippen LogP contribution in [0, 0.1) is 20.2 Å². The molecule has 1 aliphatic heterocycles. The predicted octanol–water partition coefficient (Wildman–Crippen LogP) is 5.15. The van der Waals surface area contributed by atoms with Crippen LogP contribution >= 0.6 is 0 Å². The first-order valence-corrected chi connectivity index (χ1v) is 10.4. The highest BCUT2D eigenvalue weighted by molar-refractivity contribution is 6.51. The quantitative estimate of drug-likeness (QED) is 0.163. The minimum Gasteiger partial charge on any atom is -0.507 e. The second-order valence-electron chi connectivity index (χ2n) is 7.87. The second kappa shape index (κ2) is 9.18. The van der Waals surface area contributed by atoms with Crippen LogP contribution in [0.2, 0.25) is 0 Å². The second-order valence-corrected chi connectivity index (χ2v) is 7.87. The molecule has 0 bridgehead atoms. The molecule has 37 heavy (non-hydrogen) atoms. The summed E-state index contributed by atoms with van der Waals surface area (Å²) in [4.78, 5) is 47.7. The van der Waals surface area contributed by atoms with E-state index in [2.05, 4.69) is 0 Å². The lowest BCUT2D eigenvalue weighted by Gasteiger charge is -2.26. The van der Waals surface area contributed by atoms with E-state index in [1.165, 1.54) is 12.1 Å². The maximum atomic E-state index is 13.4. The monoisotopic (exact) mass is 513 g/mol. The summed E-state index contributed by atoms with van der Waals surface area (Å²) in [6.45, 7) is 0. The molecule has 0 saturated carbocycles. The molecular weight excluding hydrogens is 499 g/mol. The van der Waals surface area contributed by atoms with Crippen LogP contribution in [0.4, 0.5) is 30.2 Å². The highest BCUT2D eigenvalue weighted by atomic mass is 19.4. The molecule has 188 valence electrons. The number of carbonyl (C=O) groups is 2. The number of alkyl halides is 3. The smallest absolute Gasteiger partial charge is 0.416 e. The van der Waals surface area contributed by atoms with Gasteiger partial charge in [0.1, 0.15) is 5.76 Å². The van der Waals surface area contributed by atoms with Crippen molar-refractivity contribution in [2.24, 2.45) is 0 Å². The van der Waals surface area contributed by atoms with Crippen LogP contribution in [0.15, 0.2) is 78.4 Å². The van der Waals surface area contributed by atoms with Gasteiger partial charge in [-0.25, -0.2) is 0 Å². The number of ketones is 1. The van der Waals surface area contributed by atoms with Gasteiger partial charge < -0.3 is 5.11 Å². The van der Waals surface area contributed by atoms with E-state index < -0.39 is 56.3 Å². The first-order chi connectivity index (χ1) is 17.4. The van der Waals surface area contributed by atoms with Crippen molar-refractivity contribution in [1.29, 1.82) is 0 Å². The van der Waals surface area contributed by atoms with Crippen LogP contribution in [0.25, 0.3) is 5.76 Å². The zero-order valence-electron chi connectivity index (χ0n) is 18.4. The number of nitro groups is 2. The van der Waals surface area contributed by atoms with E-state index in [4.69, 9.17) is 0 Å². The van der Waals surface area contributed by atoms with Gasteiger partial charge in [-0.2, -0.15) is 13.2 Å². The number of Topliss-reactive ketones (excluding diaryl/α,β-unsaturated/α-hetero) is 1. The van der Waals surface area contributed by atoms with E-state index >= 15 is 0 Å². The molecule has 13 heteroatoms. The maximum Gasteiger partial charge on any atom is 0.416 e. The number of hydrogen-bond acceptors (Lipinski definition) is 7. The Hall–Kier alpha value is -5.07. The summed E-state index contributed by atoms with van der Waals surface area (Å²) in [5.41, 5.74) is -2.89. The minimum absolute atomic E-state index is 0.0331. The van der Waals surface area contributed by atoms with Crippen LogP contribution in [0.1, 0.15) is 22.7 Å². The van der Waals surface area contributed by atoms with Crippen molar-refractivity contribution in [2.45, 2.75) is 12.2 Å². The molecule has 0 spiro atoms. The van der Waals surface area contributed by atoms with Crippen LogP contribution in [-0.4, -0.2) is 26.6 Å². The summed E-state index contributed by atoms with van der Waals surface area (Å²) in [6, 6.07) is 11.1. The number of rotatable bonds is 5. The first kappa shape index (κ1) is 25.0. The number of nitro benzene ring substituents is 2. The van der Waals surface area contributed by atoms with E-state index in [0.29, 0.717) is 11.0 Å². The molecule has 10 nitrogen and oxygen atoms in total. The summed E-state index contributed by atoms with van der Waals surface area (Å²) in [6.07, 6.45) is -4.77. The number of non-ortho nitro benzene ring substituents is 2. The van der Waals surface area contributed by atoms with Gasteiger partial charge in [-0.05, 0) is 35.9 Å². The van der Waals surface area contributed by atoms with Crippen LogP contribution in [0.3, 0.4) is 0 Å². The van der Waals surface area contributed by atoms with Crippen molar-refractivity contribution in [1.82, 2.24) is 0 Å². The van der Waals surface area contributed by atoms with E-state index in [9.17, 15) is 48.1 Å². The molecule has 4 rings (SSSR count). The van der Waals surface area contributed by atoms with E-state index in [0.717, 1.165) is 54.6 Å². The molecule has 1 atom stereocenters. The average molecular weight is 513 g/mol. The van der Waals surface area contributed by atoms with E-state index in [-0.39, 0.29) is 22.5 Å². The Labute approximate surface area is 205 Å². The van der Waals surface area contributed by atoms with Gasteiger partial charge in [0.15, 0.2) is 0 Å². The Morgan fingerprint density at radius 3 is 2.08 bits per heavy atom. The Bertz CT molecular complexity index is 1480. The van der Waals surface area contributed by atoms with Crippen molar-refractivity contribution >= 4 is 34.5 Å². The molecule has 1 aliphatic rings. The van der Waals surface area contributed by atoms with Crippen LogP contribution in [0.5, 0.6) is 0 Å². The predicted molar refractivity (Wildman–Crippen MR) is 122 cm³/mol. The summed E-state index contributed by atoms with van der Waals surface area (Å²) in [5.74, 6) is -3.30. The molecule has 0 radical (unpaired) electrons. The van der Waals surface area contributed by atoms with Gasteiger partial charge in [0.05, 0.1) is 27.0 Å². The zero-order valence-corrected chi connectivity index (χ0v) is 18.4. The number of aliphatic hydroxyl groups is 1. The Balaban J connectivity index is 1.96. The number of nitrogens with zero attached hydrogens (tertiary/aromatic N) is 3. The number of amides is 1. The van der Waals surface area contributed by atoms with Crippen molar-refractivity contribution in [3.63, 3.8) is 0 Å². The van der Waals surface area contributed by atoms with Gasteiger partial charge in [-0.3, -0.25) is 34.7 Å². The van der Waals surface area contributed by atoms with Crippen molar-refractivity contribution in [3.8, 4) is 0 Å². The fourth-order valence-electron chi connectivity index (χ4n) is 3.95. The normalized spacial score (nSPS) is 17.2. The largest absolute Gasteiger partial charge is 0.507 e. The Kier molecular flexibility index (Phi) is 6.21. The van der Waals surface area contributed by atoms with E-state index in [1.807, 2.05) is 0 Å². The van der Waals surface area contributed by atoms with E-state index in [1.54, 1.807) is 0 Å². The van der Waals surface area contributed by atoms with Gasteiger partial charge in [-0.1, -0.05) is 18.2 Å². The van der Waals surface area contributed by atoms with Crippen molar-refractivity contribution in [3.05, 3.63) is 115 Å². The lowest BCUT2D eigenvalue weighted by Crippen LogP contribution is -2.29. The number of halogens is 3. The fraction of sp³-hybridized carbons (Fsp3) is 0.0833. The van der Waals surface area contributed by atoms with Crippen molar-refractivity contribution < 1.29 is 37.7 Å². The molecule has 0 aliphatic carbocycles. The minimum atomic E-state index is -4.77. The number of carbonyl (C=O) groups excluding carboxylic acids is 2. The number of anilines is 1. The molecule has 1 fully saturated rings. The third-order valence-electron chi connectivity index (χ3n) is 5.64. The Morgan fingerprint density at radius 2 is 1.49 bits per heavy atom. The molecule has 3 aromatic rings. The molecule has 3 aromatic carbocycles. The Morgan fingerprint density at radius 1 is 0.865 bits per heavy atom. The number of hydrogen-bond donors (Lipinski definition) is 1. The van der Waals surface area contributed by atoms with Gasteiger partial charge in [0, 0.05) is 35.5 Å². The maximum absolute atomic E-state index is 13.4. The summed E-state index contributed by atoms with van der Waals surface area (Å²) in [7, 11) is 0. The van der Waals surface area contributed by atoms with Crippen molar-refractivity contribution in [2.75, 3.05) is 4.90 Å². The third-order valence-corrected chi connectivity index (χ3v) is 5.64. The molecule has 1 unspecified atom stereocenters. The number of aliphatic hydroxyl groups excluding tert-OH is 1. The molecule has 1 N–H and O–H groups in total. The SMILES string of the molecule is O=C1C(=O)N(c2cccc(C(F)(F)F)c2)C(c2cccc([N+](=O)[O-])c2)/C1=C(/O)c1ccc([N+](=O)[O-])cc1. The van der Waals surface area contributed by atoms with Crippen LogP contribution in [-0.2, 0) is 15.8 Å². The van der Waals surface area contributed by atoms with Crippen LogP contribution < -0.4 is 4.90 Å². The summed E-state index contributed by atoms with van der Waals surface area (Å²) >= 11 is 0. The number of benzene rings is 3. The first-order valence-electron chi connectivity index (χ1n) is 10.4.